The molecule has 11 heteroatoms. The fraction of sp³-hybridized carbons (Fsp3) is 0.235. The molecular formula is C17H16F3N5O2S. The second-order valence-corrected chi connectivity index (χ2v) is 6.94. The normalized spacial score (nSPS) is 12.8. The van der Waals surface area contributed by atoms with E-state index >= 15 is 0 Å². The molecule has 28 heavy (non-hydrogen) atoms. The van der Waals surface area contributed by atoms with E-state index in [0.29, 0.717) is 15.6 Å². The Kier molecular flexibility index (Phi) is 5.77. The zero-order valence-electron chi connectivity index (χ0n) is 14.3. The largest absolute Gasteiger partial charge is 0.417 e. The number of alkyl halides is 3. The highest BCUT2D eigenvalue weighted by molar-refractivity contribution is 7.11. The van der Waals surface area contributed by atoms with Crippen LogP contribution in [0.15, 0.2) is 36.7 Å². The van der Waals surface area contributed by atoms with Crippen LogP contribution in [-0.2, 0) is 12.8 Å². The highest BCUT2D eigenvalue weighted by atomic mass is 32.1. The van der Waals surface area contributed by atoms with E-state index in [2.05, 4.69) is 20.3 Å². The summed E-state index contributed by atoms with van der Waals surface area (Å²) < 4.78 is 37.9. The van der Waals surface area contributed by atoms with E-state index in [1.54, 1.807) is 12.3 Å². The number of aromatic amines is 1. The summed E-state index contributed by atoms with van der Waals surface area (Å²) in [5, 5.41) is 12.4. The van der Waals surface area contributed by atoms with Crippen LogP contribution >= 0.6 is 11.3 Å². The predicted octanol–water partition coefficient (Wildman–Crippen LogP) is 2.47. The van der Waals surface area contributed by atoms with Gasteiger partial charge in [0.05, 0.1) is 29.6 Å². The van der Waals surface area contributed by atoms with E-state index in [4.69, 9.17) is 10.8 Å². The first-order chi connectivity index (χ1) is 13.3. The van der Waals surface area contributed by atoms with E-state index in [9.17, 15) is 18.0 Å². The third kappa shape index (κ3) is 4.38. The molecule has 0 spiro atoms. The molecule has 0 aliphatic carbocycles. The molecular weight excluding hydrogens is 395 g/mol. The van der Waals surface area contributed by atoms with E-state index < -0.39 is 23.7 Å². The van der Waals surface area contributed by atoms with Gasteiger partial charge in [-0.15, -0.1) is 11.3 Å². The number of nitrogens with one attached hydrogen (secondary N) is 2. The number of aliphatic hydroxyl groups is 1. The summed E-state index contributed by atoms with van der Waals surface area (Å²) >= 11 is 1.24. The number of rotatable bonds is 6. The number of carbonyl (C=O) groups excluding carboxylic acids is 1. The molecule has 5 N–H and O–H groups in total. The van der Waals surface area contributed by atoms with Gasteiger partial charge in [0.15, 0.2) is 0 Å². The van der Waals surface area contributed by atoms with Gasteiger partial charge in [-0.3, -0.25) is 9.78 Å². The highest BCUT2D eigenvalue weighted by Crippen LogP contribution is 2.29. The van der Waals surface area contributed by atoms with Gasteiger partial charge in [-0.2, -0.15) is 13.2 Å². The van der Waals surface area contributed by atoms with Gasteiger partial charge in [0.25, 0.3) is 5.91 Å². The van der Waals surface area contributed by atoms with Gasteiger partial charge in [0.1, 0.15) is 10.7 Å². The maximum atomic E-state index is 12.6. The summed E-state index contributed by atoms with van der Waals surface area (Å²) in [7, 11) is 0. The number of carbonyl (C=O) groups is 1. The lowest BCUT2D eigenvalue weighted by molar-refractivity contribution is -0.137. The second-order valence-electron chi connectivity index (χ2n) is 5.79. The number of amides is 1. The number of hydrogen-bond acceptors (Lipinski definition) is 6. The second kappa shape index (κ2) is 8.09. The monoisotopic (exact) mass is 411 g/mol. The van der Waals surface area contributed by atoms with Crippen molar-refractivity contribution in [2.45, 2.75) is 18.8 Å². The van der Waals surface area contributed by atoms with E-state index in [1.165, 1.54) is 23.5 Å². The molecule has 0 unspecified atom stereocenters. The van der Waals surface area contributed by atoms with Gasteiger partial charge in [0, 0.05) is 23.8 Å². The number of nitrogens with zero attached hydrogens (tertiary/aromatic N) is 2. The zero-order valence-corrected chi connectivity index (χ0v) is 15.1. The number of pyridine rings is 1. The number of nitrogens with two attached hydrogens (primary N) is 1. The van der Waals surface area contributed by atoms with Crippen LogP contribution in [-0.4, -0.2) is 32.5 Å². The molecule has 148 valence electrons. The Hall–Kier alpha value is -2.76. The summed E-state index contributed by atoms with van der Waals surface area (Å²) in [6.45, 7) is -0.0666. The highest BCUT2D eigenvalue weighted by Gasteiger charge is 2.30. The number of halogens is 3. The molecule has 0 fully saturated rings. The fourth-order valence-electron chi connectivity index (χ4n) is 2.44. The van der Waals surface area contributed by atoms with Crippen LogP contribution in [0.4, 0.5) is 13.2 Å². The Labute approximate surface area is 161 Å². The van der Waals surface area contributed by atoms with Crippen molar-refractivity contribution in [2.24, 2.45) is 5.73 Å². The molecule has 3 rings (SSSR count). The molecule has 0 aliphatic heterocycles. The van der Waals surface area contributed by atoms with Crippen molar-refractivity contribution in [3.63, 3.8) is 0 Å². The fourth-order valence-corrected chi connectivity index (χ4v) is 3.28. The summed E-state index contributed by atoms with van der Waals surface area (Å²) in [6.07, 6.45) is -2.18. The predicted molar refractivity (Wildman–Crippen MR) is 96.3 cm³/mol. The minimum atomic E-state index is -4.46. The van der Waals surface area contributed by atoms with Crippen LogP contribution in [0.25, 0.3) is 11.4 Å². The minimum Gasteiger partial charge on any atom is -0.389 e. The molecule has 7 nitrogen and oxygen atoms in total. The first-order valence-corrected chi connectivity index (χ1v) is 8.92. The number of aromatic nitrogens is 3. The summed E-state index contributed by atoms with van der Waals surface area (Å²) in [5.41, 5.74) is 5.76. The van der Waals surface area contributed by atoms with E-state index in [-0.39, 0.29) is 24.5 Å². The van der Waals surface area contributed by atoms with Gasteiger partial charge in [0.2, 0.25) is 0 Å². The maximum absolute atomic E-state index is 12.6. The van der Waals surface area contributed by atoms with Crippen molar-refractivity contribution in [1.82, 2.24) is 20.3 Å². The van der Waals surface area contributed by atoms with Crippen LogP contribution < -0.4 is 11.1 Å². The molecule has 1 amide bonds. The molecule has 0 saturated heterocycles. The molecule has 3 aromatic heterocycles. The number of thiazole rings is 1. The summed E-state index contributed by atoms with van der Waals surface area (Å²) in [4.78, 5) is 23.8. The Morgan fingerprint density at radius 1 is 1.25 bits per heavy atom. The average Bonchev–Trinajstić information content (AvgIpc) is 3.35. The van der Waals surface area contributed by atoms with Crippen molar-refractivity contribution < 1.29 is 23.1 Å². The van der Waals surface area contributed by atoms with Crippen molar-refractivity contribution in [2.75, 3.05) is 6.54 Å². The van der Waals surface area contributed by atoms with Crippen molar-refractivity contribution >= 4 is 17.2 Å². The van der Waals surface area contributed by atoms with Crippen LogP contribution in [0.2, 0.25) is 0 Å². The van der Waals surface area contributed by atoms with Gasteiger partial charge < -0.3 is 21.1 Å². The van der Waals surface area contributed by atoms with Crippen LogP contribution in [0.3, 0.4) is 0 Å². The first kappa shape index (κ1) is 20.0. The first-order valence-electron chi connectivity index (χ1n) is 8.11. The van der Waals surface area contributed by atoms with Crippen molar-refractivity contribution in [1.29, 1.82) is 0 Å². The lowest BCUT2D eigenvalue weighted by Crippen LogP contribution is -2.33. The lowest BCUT2D eigenvalue weighted by atomic mass is 10.2. The smallest absolute Gasteiger partial charge is 0.389 e. The standard InChI is InChI=1S/C17H16F3N5O2S/c18-17(19,20)9-1-2-10(22-6-9)11-3-4-12(24-11)16(27)25-13(5-21)14-7-23-15(8-26)28-14/h1-4,6-7,13,24,26H,5,8,21H2,(H,25,27)/t13-/m0/s1. The van der Waals surface area contributed by atoms with Crippen LogP contribution in [0.5, 0.6) is 0 Å². The molecule has 1 atom stereocenters. The third-order valence-electron chi connectivity index (χ3n) is 3.89. The van der Waals surface area contributed by atoms with Gasteiger partial charge in [-0.25, -0.2) is 4.98 Å². The number of aliphatic hydroxyl groups excluding tert-OH is 1. The van der Waals surface area contributed by atoms with Crippen LogP contribution in [0, 0.1) is 0 Å². The van der Waals surface area contributed by atoms with Gasteiger partial charge >= 0.3 is 6.18 Å². The summed E-state index contributed by atoms with van der Waals surface area (Å²) in [6, 6.07) is 4.73. The number of hydrogen-bond donors (Lipinski definition) is 4. The number of H-pyrrole nitrogens is 1. The maximum Gasteiger partial charge on any atom is 0.417 e. The molecule has 0 radical (unpaired) electrons. The molecule has 3 aromatic rings. The Morgan fingerprint density at radius 2 is 2.04 bits per heavy atom. The molecule has 0 saturated carbocycles. The topological polar surface area (TPSA) is 117 Å². The van der Waals surface area contributed by atoms with Crippen LogP contribution in [0.1, 0.15) is 32.0 Å². The van der Waals surface area contributed by atoms with Gasteiger partial charge in [-0.1, -0.05) is 0 Å². The minimum absolute atomic E-state index is 0.132. The van der Waals surface area contributed by atoms with E-state index in [1.807, 2.05) is 0 Å². The van der Waals surface area contributed by atoms with Crippen molar-refractivity contribution in [3.05, 3.63) is 57.8 Å². The molecule has 0 aromatic carbocycles. The van der Waals surface area contributed by atoms with Crippen molar-refractivity contribution in [3.8, 4) is 11.4 Å². The molecule has 3 heterocycles. The molecule has 0 aliphatic rings. The zero-order chi connectivity index (χ0) is 20.3. The quantitative estimate of drug-likeness (QED) is 0.497. The third-order valence-corrected chi connectivity index (χ3v) is 4.98. The summed E-state index contributed by atoms with van der Waals surface area (Å²) in [5.74, 6) is -0.437. The molecule has 0 bridgehead atoms. The Balaban J connectivity index is 1.72. The lowest BCUT2D eigenvalue weighted by Gasteiger charge is -2.14. The Bertz CT molecular complexity index is 952. The van der Waals surface area contributed by atoms with Gasteiger partial charge in [-0.05, 0) is 24.3 Å². The average molecular weight is 411 g/mol. The SMILES string of the molecule is NC[C@H](NC(=O)c1ccc(-c2ccc(C(F)(F)F)cn2)[nH]1)c1cnc(CO)s1. The van der Waals surface area contributed by atoms with E-state index in [0.717, 1.165) is 12.3 Å². The Morgan fingerprint density at radius 3 is 2.61 bits per heavy atom.